The molecule has 5 nitrogen and oxygen atoms in total. The number of fused-ring (bicyclic) bond motifs is 1. The number of rotatable bonds is 4. The number of halogens is 1. The Morgan fingerprint density at radius 1 is 1.17 bits per heavy atom. The van der Waals surface area contributed by atoms with Crippen LogP contribution in [0.2, 0.25) is 5.02 Å². The summed E-state index contributed by atoms with van der Waals surface area (Å²) >= 11 is 7.54. The lowest BCUT2D eigenvalue weighted by atomic mass is 10.1. The summed E-state index contributed by atoms with van der Waals surface area (Å²) < 4.78 is 0. The van der Waals surface area contributed by atoms with Gasteiger partial charge in [0.25, 0.3) is 5.91 Å². The van der Waals surface area contributed by atoms with E-state index in [1.807, 2.05) is 47.5 Å². The predicted molar refractivity (Wildman–Crippen MR) is 124 cm³/mol. The van der Waals surface area contributed by atoms with Gasteiger partial charge in [0, 0.05) is 29.0 Å². The van der Waals surface area contributed by atoms with Crippen molar-refractivity contribution in [3.8, 4) is 10.4 Å². The van der Waals surface area contributed by atoms with Crippen molar-refractivity contribution in [2.45, 2.75) is 19.0 Å². The maximum atomic E-state index is 13.0. The van der Waals surface area contributed by atoms with E-state index < -0.39 is 0 Å². The number of pyridine rings is 1. The van der Waals surface area contributed by atoms with Crippen LogP contribution < -0.4 is 9.80 Å². The van der Waals surface area contributed by atoms with Gasteiger partial charge in [-0.05, 0) is 62.0 Å². The monoisotopic (exact) mass is 438 g/mol. The van der Waals surface area contributed by atoms with Crippen molar-refractivity contribution in [1.29, 1.82) is 0 Å². The van der Waals surface area contributed by atoms with Gasteiger partial charge in [0.1, 0.15) is 5.82 Å². The van der Waals surface area contributed by atoms with E-state index >= 15 is 0 Å². The SMILES string of the molecule is CN(C)C1CCN(c2ccc(N3Cc4cc(-c5ccc(Cl)cc5)sc4C3=O)cn2)C1. The van der Waals surface area contributed by atoms with Crippen molar-refractivity contribution in [3.63, 3.8) is 0 Å². The zero-order chi connectivity index (χ0) is 20.8. The van der Waals surface area contributed by atoms with Crippen molar-refractivity contribution in [2.24, 2.45) is 0 Å². The molecule has 3 aromatic rings. The highest BCUT2D eigenvalue weighted by atomic mass is 35.5. The van der Waals surface area contributed by atoms with Crippen LogP contribution in [0.1, 0.15) is 21.7 Å². The Bertz CT molecular complexity index is 1080. The zero-order valence-corrected chi connectivity index (χ0v) is 18.6. The first-order valence-electron chi connectivity index (χ1n) is 10.1. The zero-order valence-electron chi connectivity index (χ0n) is 17.0. The van der Waals surface area contributed by atoms with Crippen LogP contribution in [0.3, 0.4) is 0 Å². The minimum atomic E-state index is 0.0543. The van der Waals surface area contributed by atoms with Crippen LogP contribution in [0, 0.1) is 0 Å². The molecule has 7 heteroatoms. The number of aromatic nitrogens is 1. The van der Waals surface area contributed by atoms with Crippen LogP contribution in [0.25, 0.3) is 10.4 Å². The smallest absolute Gasteiger partial charge is 0.269 e. The highest BCUT2D eigenvalue weighted by molar-refractivity contribution is 7.17. The normalized spacial score (nSPS) is 18.5. The van der Waals surface area contributed by atoms with E-state index in [-0.39, 0.29) is 5.91 Å². The van der Waals surface area contributed by atoms with Gasteiger partial charge in [-0.25, -0.2) is 4.98 Å². The van der Waals surface area contributed by atoms with E-state index in [0.717, 1.165) is 51.9 Å². The molecule has 5 rings (SSSR count). The lowest BCUT2D eigenvalue weighted by Gasteiger charge is -2.22. The average molecular weight is 439 g/mol. The van der Waals surface area contributed by atoms with Crippen molar-refractivity contribution in [2.75, 3.05) is 37.0 Å². The molecule has 30 heavy (non-hydrogen) atoms. The van der Waals surface area contributed by atoms with E-state index in [4.69, 9.17) is 11.6 Å². The maximum absolute atomic E-state index is 13.0. The topological polar surface area (TPSA) is 39.7 Å². The molecule has 0 spiro atoms. The summed E-state index contributed by atoms with van der Waals surface area (Å²) in [5.74, 6) is 1.04. The third-order valence-electron chi connectivity index (χ3n) is 5.97. The molecule has 0 radical (unpaired) electrons. The van der Waals surface area contributed by atoms with E-state index in [2.05, 4.69) is 34.9 Å². The molecule has 0 N–H and O–H groups in total. The Balaban J connectivity index is 1.31. The van der Waals surface area contributed by atoms with Gasteiger partial charge in [-0.1, -0.05) is 23.7 Å². The van der Waals surface area contributed by atoms with Crippen molar-refractivity contribution < 1.29 is 4.79 Å². The molecule has 1 amide bonds. The minimum absolute atomic E-state index is 0.0543. The maximum Gasteiger partial charge on any atom is 0.269 e. The molecule has 2 aliphatic rings. The highest BCUT2D eigenvalue weighted by Gasteiger charge is 2.32. The number of carbonyl (C=O) groups is 1. The van der Waals surface area contributed by atoms with Crippen LogP contribution in [0.15, 0.2) is 48.7 Å². The first-order chi connectivity index (χ1) is 14.5. The predicted octanol–water partition coefficient (Wildman–Crippen LogP) is 4.76. The molecule has 1 atom stereocenters. The molecule has 1 aromatic carbocycles. The molecule has 2 aliphatic heterocycles. The Morgan fingerprint density at radius 2 is 1.97 bits per heavy atom. The first-order valence-corrected chi connectivity index (χ1v) is 11.3. The fraction of sp³-hybridized carbons (Fsp3) is 0.304. The molecule has 2 aromatic heterocycles. The molecular weight excluding hydrogens is 416 g/mol. The van der Waals surface area contributed by atoms with Crippen LogP contribution in [-0.2, 0) is 6.54 Å². The first kappa shape index (κ1) is 19.5. The highest BCUT2D eigenvalue weighted by Crippen LogP contribution is 2.38. The van der Waals surface area contributed by atoms with Gasteiger partial charge < -0.3 is 14.7 Å². The molecule has 1 unspecified atom stereocenters. The van der Waals surface area contributed by atoms with Crippen LogP contribution in [0.5, 0.6) is 0 Å². The number of amides is 1. The van der Waals surface area contributed by atoms with Crippen molar-refractivity contribution in [1.82, 2.24) is 9.88 Å². The van der Waals surface area contributed by atoms with E-state index in [1.54, 1.807) is 11.3 Å². The Hall–Kier alpha value is -2.41. The fourth-order valence-corrected chi connectivity index (χ4v) is 5.41. The summed E-state index contributed by atoms with van der Waals surface area (Å²) in [6.07, 6.45) is 2.98. The third-order valence-corrected chi connectivity index (χ3v) is 7.43. The molecule has 0 bridgehead atoms. The number of likely N-dealkylation sites (N-methyl/N-ethyl adjacent to an activating group) is 1. The molecule has 4 heterocycles. The van der Waals surface area contributed by atoms with Gasteiger partial charge in [0.05, 0.1) is 23.3 Å². The second-order valence-corrected chi connectivity index (χ2v) is 9.58. The molecule has 1 fully saturated rings. The van der Waals surface area contributed by atoms with Crippen molar-refractivity contribution >= 4 is 40.4 Å². The van der Waals surface area contributed by atoms with Crippen LogP contribution in [-0.4, -0.2) is 49.0 Å². The summed E-state index contributed by atoms with van der Waals surface area (Å²) in [6.45, 7) is 2.60. The molecule has 0 aliphatic carbocycles. The van der Waals surface area contributed by atoms with Gasteiger partial charge in [0.15, 0.2) is 0 Å². The second-order valence-electron chi connectivity index (χ2n) is 8.09. The molecule has 154 valence electrons. The molecule has 1 saturated heterocycles. The van der Waals surface area contributed by atoms with Crippen molar-refractivity contribution in [3.05, 3.63) is 64.1 Å². The largest absolute Gasteiger partial charge is 0.355 e. The summed E-state index contributed by atoms with van der Waals surface area (Å²) in [7, 11) is 4.25. The van der Waals surface area contributed by atoms with E-state index in [0.29, 0.717) is 17.6 Å². The summed E-state index contributed by atoms with van der Waals surface area (Å²) in [5.41, 5.74) is 3.02. The summed E-state index contributed by atoms with van der Waals surface area (Å²) in [4.78, 5) is 26.0. The van der Waals surface area contributed by atoms with Gasteiger partial charge in [0.2, 0.25) is 0 Å². The van der Waals surface area contributed by atoms with E-state index in [9.17, 15) is 4.79 Å². The number of hydrogen-bond donors (Lipinski definition) is 0. The molecular formula is C23H23ClN4OS. The fourth-order valence-electron chi connectivity index (χ4n) is 4.15. The number of carbonyl (C=O) groups excluding carboxylic acids is 1. The Kier molecular flexibility index (Phi) is 5.01. The van der Waals surface area contributed by atoms with Gasteiger partial charge >= 0.3 is 0 Å². The number of anilines is 2. The van der Waals surface area contributed by atoms with E-state index in [1.165, 1.54) is 0 Å². The van der Waals surface area contributed by atoms with Crippen LogP contribution in [0.4, 0.5) is 11.5 Å². The lowest BCUT2D eigenvalue weighted by Crippen LogP contribution is -2.31. The summed E-state index contributed by atoms with van der Waals surface area (Å²) in [6, 6.07) is 14.5. The average Bonchev–Trinajstić information content (AvgIpc) is 3.45. The Labute approximate surface area is 185 Å². The second kappa shape index (κ2) is 7.69. The lowest BCUT2D eigenvalue weighted by molar-refractivity contribution is 0.1000. The summed E-state index contributed by atoms with van der Waals surface area (Å²) in [5, 5.41) is 0.715. The van der Waals surface area contributed by atoms with Gasteiger partial charge in [-0.2, -0.15) is 0 Å². The van der Waals surface area contributed by atoms with Crippen LogP contribution >= 0.6 is 22.9 Å². The molecule has 0 saturated carbocycles. The number of thiophene rings is 1. The third kappa shape index (κ3) is 3.49. The number of benzene rings is 1. The Morgan fingerprint density at radius 3 is 2.60 bits per heavy atom. The quantitative estimate of drug-likeness (QED) is 0.588. The minimum Gasteiger partial charge on any atom is -0.355 e. The number of hydrogen-bond acceptors (Lipinski definition) is 5. The number of nitrogens with zero attached hydrogens (tertiary/aromatic N) is 4. The standard InChI is InChI=1S/C23H23ClN4OS/c1-26(2)19-9-10-27(14-19)21-8-7-18(12-25-21)28-13-16-11-20(30-22(16)23(28)29)15-3-5-17(24)6-4-15/h3-8,11-12,19H,9-10,13-14H2,1-2H3. The van der Waals surface area contributed by atoms with Gasteiger partial charge in [-0.15, -0.1) is 11.3 Å². The van der Waals surface area contributed by atoms with Gasteiger partial charge in [-0.3, -0.25) is 4.79 Å².